The minimum absolute atomic E-state index is 0.0872. The summed E-state index contributed by atoms with van der Waals surface area (Å²) in [7, 11) is -1.59. The van der Waals surface area contributed by atoms with Crippen LogP contribution in [0.3, 0.4) is 0 Å². The molecule has 5 rings (SSSR count). The molecule has 1 atom stereocenters. The molecule has 2 fully saturated rings. The first-order valence-electron chi connectivity index (χ1n) is 13.6. The van der Waals surface area contributed by atoms with Gasteiger partial charge < -0.3 is 19.5 Å². The van der Waals surface area contributed by atoms with E-state index in [4.69, 9.17) is 27.9 Å². The Labute approximate surface area is 263 Å². The number of benzene rings is 1. The maximum atomic E-state index is 13.9. The number of rotatable bonds is 10. The van der Waals surface area contributed by atoms with Crippen LogP contribution >= 0.6 is 34.5 Å². The SMILES string of the molecule is COc1c(-c2cc(Cl)cn(C)c2=O)cccc1S(=O)(=O)N[C@@H](CNC(=O)c1ccc(Cl)s1)C(=O)N1CCN(C2CC2)CC1. The van der Waals surface area contributed by atoms with Gasteiger partial charge in [-0.2, -0.15) is 4.72 Å². The van der Waals surface area contributed by atoms with E-state index in [2.05, 4.69) is 14.9 Å². The number of nitrogens with one attached hydrogen (secondary N) is 2. The quantitative estimate of drug-likeness (QED) is 0.340. The molecule has 2 aromatic heterocycles. The van der Waals surface area contributed by atoms with Crippen LogP contribution in [0.25, 0.3) is 11.1 Å². The lowest BCUT2D eigenvalue weighted by atomic mass is 10.1. The maximum absolute atomic E-state index is 13.9. The summed E-state index contributed by atoms with van der Waals surface area (Å²) in [6.45, 7) is 1.98. The molecule has 1 aliphatic heterocycles. The summed E-state index contributed by atoms with van der Waals surface area (Å²) in [5.74, 6) is -1.03. The number of halogens is 2. The lowest BCUT2D eigenvalue weighted by Gasteiger charge is -2.36. The molecule has 0 spiro atoms. The van der Waals surface area contributed by atoms with E-state index in [9.17, 15) is 22.8 Å². The third kappa shape index (κ3) is 7.08. The van der Waals surface area contributed by atoms with Crippen molar-refractivity contribution < 1.29 is 22.7 Å². The van der Waals surface area contributed by atoms with Gasteiger partial charge >= 0.3 is 0 Å². The van der Waals surface area contributed by atoms with Crippen LogP contribution in [-0.4, -0.2) is 86.5 Å². The molecule has 1 aliphatic carbocycles. The Hall–Kier alpha value is -2.94. The Kier molecular flexibility index (Phi) is 9.49. The van der Waals surface area contributed by atoms with Gasteiger partial charge in [-0.3, -0.25) is 19.3 Å². The summed E-state index contributed by atoms with van der Waals surface area (Å²) < 4.78 is 37.5. The van der Waals surface area contributed by atoms with E-state index in [1.165, 1.54) is 43.1 Å². The predicted molar refractivity (Wildman–Crippen MR) is 166 cm³/mol. The van der Waals surface area contributed by atoms with Crippen molar-refractivity contribution >= 4 is 56.4 Å². The number of sulfonamides is 1. The average Bonchev–Trinajstić information content (AvgIpc) is 3.75. The van der Waals surface area contributed by atoms with Gasteiger partial charge in [-0.25, -0.2) is 8.42 Å². The Morgan fingerprint density at radius 3 is 2.44 bits per heavy atom. The van der Waals surface area contributed by atoms with Gasteiger partial charge in [0.2, 0.25) is 15.9 Å². The van der Waals surface area contributed by atoms with Gasteiger partial charge in [0.15, 0.2) is 0 Å². The maximum Gasteiger partial charge on any atom is 0.261 e. The molecule has 0 radical (unpaired) electrons. The topological polar surface area (TPSA) is 130 Å². The van der Waals surface area contributed by atoms with Gasteiger partial charge in [0.05, 0.1) is 26.9 Å². The lowest BCUT2D eigenvalue weighted by molar-refractivity contribution is -0.134. The van der Waals surface area contributed by atoms with Gasteiger partial charge in [0.1, 0.15) is 16.7 Å². The molecule has 0 bridgehead atoms. The van der Waals surface area contributed by atoms with Crippen LogP contribution in [0.5, 0.6) is 5.75 Å². The van der Waals surface area contributed by atoms with Crippen molar-refractivity contribution in [3.63, 3.8) is 0 Å². The van der Waals surface area contributed by atoms with Crippen LogP contribution in [0, 0.1) is 0 Å². The van der Waals surface area contributed by atoms with Crippen molar-refractivity contribution in [2.75, 3.05) is 39.8 Å². The fraction of sp³-hybridized carbons (Fsp3) is 0.393. The monoisotopic (exact) mass is 667 g/mol. The summed E-state index contributed by atoms with van der Waals surface area (Å²) >= 11 is 13.2. The van der Waals surface area contributed by atoms with Crippen molar-refractivity contribution in [3.05, 3.63) is 67.2 Å². The third-order valence-electron chi connectivity index (χ3n) is 7.46. The largest absolute Gasteiger partial charge is 0.495 e. The summed E-state index contributed by atoms with van der Waals surface area (Å²) in [4.78, 5) is 43.4. The number of carbonyl (C=O) groups excluding carboxylic acids is 2. The zero-order chi connectivity index (χ0) is 30.9. The fourth-order valence-corrected chi connectivity index (χ4v) is 7.73. The van der Waals surface area contributed by atoms with E-state index in [1.54, 1.807) is 23.1 Å². The minimum atomic E-state index is -4.42. The predicted octanol–water partition coefficient (Wildman–Crippen LogP) is 2.81. The number of amides is 2. The molecule has 2 amide bonds. The van der Waals surface area contributed by atoms with Gasteiger partial charge in [-0.05, 0) is 37.1 Å². The number of piperazine rings is 1. The third-order valence-corrected chi connectivity index (χ3v) is 10.4. The number of carbonyl (C=O) groups is 2. The summed E-state index contributed by atoms with van der Waals surface area (Å²) in [6.07, 6.45) is 3.75. The van der Waals surface area contributed by atoms with E-state index in [-0.39, 0.29) is 33.3 Å². The zero-order valence-corrected chi connectivity index (χ0v) is 26.7. The van der Waals surface area contributed by atoms with Crippen molar-refractivity contribution in [2.24, 2.45) is 7.05 Å². The number of hydrogen-bond donors (Lipinski definition) is 2. The molecule has 1 aromatic carbocycles. The molecule has 0 unspecified atom stereocenters. The first-order valence-corrected chi connectivity index (χ1v) is 16.7. The molecule has 3 heterocycles. The molecule has 3 aromatic rings. The first-order chi connectivity index (χ1) is 20.5. The molecule has 2 aliphatic rings. The van der Waals surface area contributed by atoms with Crippen LogP contribution in [0.1, 0.15) is 22.5 Å². The second kappa shape index (κ2) is 13.0. The fourth-order valence-electron chi connectivity index (χ4n) is 5.13. The number of nitrogens with zero attached hydrogens (tertiary/aromatic N) is 3. The molecule has 1 saturated carbocycles. The molecule has 15 heteroatoms. The number of aryl methyl sites for hydroxylation is 1. The lowest BCUT2D eigenvalue weighted by Crippen LogP contribution is -2.58. The number of hydrogen-bond acceptors (Lipinski definition) is 8. The second-order valence-corrected chi connectivity index (χ2v) is 14.2. The summed E-state index contributed by atoms with van der Waals surface area (Å²) in [5.41, 5.74) is -0.0395. The Bertz CT molecular complexity index is 1700. The zero-order valence-electron chi connectivity index (χ0n) is 23.5. The molecule has 11 nitrogen and oxygen atoms in total. The second-order valence-electron chi connectivity index (χ2n) is 10.4. The molecule has 43 heavy (non-hydrogen) atoms. The number of aromatic nitrogens is 1. The smallest absolute Gasteiger partial charge is 0.261 e. The van der Waals surface area contributed by atoms with E-state index in [0.717, 1.165) is 24.2 Å². The minimum Gasteiger partial charge on any atom is -0.495 e. The van der Waals surface area contributed by atoms with Gasteiger partial charge in [0.25, 0.3) is 11.5 Å². The molecular formula is C28H31Cl2N5O6S2. The van der Waals surface area contributed by atoms with E-state index < -0.39 is 33.4 Å². The highest BCUT2D eigenvalue weighted by Gasteiger charge is 2.36. The average molecular weight is 669 g/mol. The van der Waals surface area contributed by atoms with Crippen LogP contribution in [0.4, 0.5) is 0 Å². The molecular weight excluding hydrogens is 637 g/mol. The van der Waals surface area contributed by atoms with Gasteiger partial charge in [-0.1, -0.05) is 35.3 Å². The van der Waals surface area contributed by atoms with Gasteiger partial charge in [0, 0.05) is 57.6 Å². The van der Waals surface area contributed by atoms with E-state index >= 15 is 0 Å². The van der Waals surface area contributed by atoms with Crippen LogP contribution in [0.2, 0.25) is 9.36 Å². The Morgan fingerprint density at radius 1 is 1.09 bits per heavy atom. The van der Waals surface area contributed by atoms with Crippen molar-refractivity contribution in [2.45, 2.75) is 29.8 Å². The van der Waals surface area contributed by atoms with E-state index in [1.807, 2.05) is 0 Å². The number of para-hydroxylation sites is 1. The summed E-state index contributed by atoms with van der Waals surface area (Å²) in [6, 6.07) is 8.16. The number of ether oxygens (including phenoxy) is 1. The summed E-state index contributed by atoms with van der Waals surface area (Å²) in [5, 5.41) is 2.95. The van der Waals surface area contributed by atoms with Gasteiger partial charge in [-0.15, -0.1) is 11.3 Å². The highest BCUT2D eigenvalue weighted by molar-refractivity contribution is 7.89. The standard InChI is InChI=1S/C28H31Cl2N5O6S2/c1-33-16-17(29)14-20(27(33)37)19-4-3-5-23(25(19)41-2)43(39,40)32-21(15-31-26(36)22-8-9-24(30)42-22)28(38)35-12-10-34(11-13-35)18-6-7-18/h3-5,8-9,14,16,18,21,32H,6-7,10-13,15H2,1-2H3,(H,31,36)/t21-/m0/s1. The number of methoxy groups -OCH3 is 1. The van der Waals surface area contributed by atoms with Crippen LogP contribution in [0.15, 0.2) is 52.3 Å². The molecule has 2 N–H and O–H groups in total. The number of thiophene rings is 1. The highest BCUT2D eigenvalue weighted by atomic mass is 35.5. The van der Waals surface area contributed by atoms with Crippen molar-refractivity contribution in [3.8, 4) is 16.9 Å². The molecule has 1 saturated heterocycles. The first kappa shape index (κ1) is 31.5. The van der Waals surface area contributed by atoms with Crippen molar-refractivity contribution in [1.29, 1.82) is 0 Å². The van der Waals surface area contributed by atoms with E-state index in [0.29, 0.717) is 41.4 Å². The van der Waals surface area contributed by atoms with Crippen LogP contribution < -0.4 is 20.3 Å². The molecule has 230 valence electrons. The normalized spacial score (nSPS) is 16.6. The highest BCUT2D eigenvalue weighted by Crippen LogP contribution is 2.35. The van der Waals surface area contributed by atoms with Crippen LogP contribution in [-0.2, 0) is 21.9 Å². The Morgan fingerprint density at radius 2 is 1.81 bits per heavy atom. The Balaban J connectivity index is 1.44. The van der Waals surface area contributed by atoms with Crippen molar-refractivity contribution in [1.82, 2.24) is 24.4 Å². The number of pyridine rings is 1.